The summed E-state index contributed by atoms with van der Waals surface area (Å²) >= 11 is 6.70. The summed E-state index contributed by atoms with van der Waals surface area (Å²) in [6.45, 7) is 9.81. The van der Waals surface area contributed by atoms with Gasteiger partial charge in [-0.05, 0) is 148 Å². The van der Waals surface area contributed by atoms with Crippen LogP contribution in [0.1, 0.15) is 55.3 Å². The van der Waals surface area contributed by atoms with Gasteiger partial charge in [0.15, 0.2) is 12.1 Å². The van der Waals surface area contributed by atoms with Gasteiger partial charge in [-0.15, -0.1) is 0 Å². The second kappa shape index (κ2) is 29.4. The summed E-state index contributed by atoms with van der Waals surface area (Å²) in [5.74, 6) is 0.121. The molecule has 14 heteroatoms. The zero-order valence-electron chi connectivity index (χ0n) is 51.9. The van der Waals surface area contributed by atoms with Gasteiger partial charge in [-0.1, -0.05) is 202 Å². The Bertz CT molecular complexity index is 4780. The van der Waals surface area contributed by atoms with Crippen LogP contribution in [0.3, 0.4) is 0 Å². The molecule has 0 atom stereocenters. The molecular weight excluding hydrogens is 1280 g/mol. The number of carbonyl (C=O) groups is 2. The van der Waals surface area contributed by atoms with Gasteiger partial charge in [0.25, 0.3) is 0 Å². The van der Waals surface area contributed by atoms with Crippen LogP contribution < -0.4 is 11.2 Å². The maximum Gasteiger partial charge on any atom is 0.494 e. The van der Waals surface area contributed by atoms with E-state index >= 15 is 0 Å². The van der Waals surface area contributed by atoms with Gasteiger partial charge in [0.1, 0.15) is 0 Å². The highest BCUT2D eigenvalue weighted by Gasteiger charge is 2.51. The lowest BCUT2D eigenvalue weighted by molar-refractivity contribution is 0.00578. The van der Waals surface area contributed by atoms with Crippen molar-refractivity contribution < 1.29 is 18.9 Å². The lowest BCUT2D eigenvalue weighted by Gasteiger charge is -2.32. The summed E-state index contributed by atoms with van der Waals surface area (Å²) in [7, 11) is -0.380. The number of nitrogens with zero attached hydrogens (tertiary/aromatic N) is 6. The van der Waals surface area contributed by atoms with Gasteiger partial charge in [-0.25, -0.2) is 19.9 Å². The lowest BCUT2D eigenvalue weighted by Crippen LogP contribution is -2.41. The van der Waals surface area contributed by atoms with Gasteiger partial charge < -0.3 is 15.0 Å². The highest BCUT2D eigenvalue weighted by Crippen LogP contribution is 2.37. The topological polar surface area (TPSA) is 156 Å². The molecule has 93 heavy (non-hydrogen) atoms. The Morgan fingerprint density at radius 3 is 1.24 bits per heavy atom. The number of nitrogens with two attached hydrogens (primary N) is 1. The number of pyridine rings is 6. The van der Waals surface area contributed by atoms with Crippen LogP contribution in [0, 0.1) is 0 Å². The van der Waals surface area contributed by atoms with Crippen LogP contribution in [-0.2, 0) is 9.31 Å². The zero-order valence-corrected chi connectivity index (χ0v) is 55.0. The number of nitrogen functional groups attached to an aromatic ring is 1. The predicted octanol–water partition coefficient (Wildman–Crippen LogP) is 19.2. The SMILES string of the molecule is Brc1ccc2ccc(-c3ccccc3)nc2c1.CC(=O)c1ccccc1.CC1(C)OB(c2ccc3ccc(-c4ccccn4)nc3c2)OC1(C)C.Nc1cc(Br)ccc1C=O.c1ccc(-c2ccc3ccc(-c4ccc5ccc(-c6ccccn6)nc5c4)cc3n2)cc1. The van der Waals surface area contributed by atoms with Crippen LogP contribution in [0.5, 0.6) is 0 Å². The number of fused-ring (bicyclic) bond motifs is 4. The molecule has 0 aliphatic carbocycles. The van der Waals surface area contributed by atoms with E-state index in [1.165, 1.54) is 0 Å². The monoisotopic (exact) mass is 1340 g/mol. The van der Waals surface area contributed by atoms with Crippen LogP contribution in [0.4, 0.5) is 5.69 Å². The summed E-state index contributed by atoms with van der Waals surface area (Å²) in [5.41, 5.74) is 21.4. The maximum absolute atomic E-state index is 10.6. The molecule has 1 aliphatic rings. The van der Waals surface area contributed by atoms with Gasteiger partial charge in [0, 0.05) is 70.8 Å². The molecule has 1 fully saturated rings. The van der Waals surface area contributed by atoms with E-state index < -0.39 is 0 Å². The largest absolute Gasteiger partial charge is 0.494 e. The summed E-state index contributed by atoms with van der Waals surface area (Å²) in [6.07, 6.45) is 4.31. The minimum atomic E-state index is -0.380. The Morgan fingerprint density at radius 1 is 0.409 bits per heavy atom. The fourth-order valence-electron chi connectivity index (χ4n) is 10.1. The van der Waals surface area contributed by atoms with Gasteiger partial charge in [0.05, 0.1) is 67.4 Å². The molecule has 8 aromatic carbocycles. The van der Waals surface area contributed by atoms with Crippen molar-refractivity contribution in [3.8, 4) is 56.4 Å². The van der Waals surface area contributed by atoms with E-state index in [1.807, 2.05) is 140 Å². The molecule has 0 saturated carbocycles. The Labute approximate surface area is 558 Å². The smallest absolute Gasteiger partial charge is 0.399 e. The van der Waals surface area contributed by atoms with Crippen LogP contribution in [-0.4, -0.2) is 60.3 Å². The van der Waals surface area contributed by atoms with E-state index in [9.17, 15) is 9.59 Å². The molecule has 2 N–H and O–H groups in total. The molecule has 0 amide bonds. The van der Waals surface area contributed by atoms with Crippen molar-refractivity contribution in [1.29, 1.82) is 0 Å². The van der Waals surface area contributed by atoms with Crippen molar-refractivity contribution in [1.82, 2.24) is 29.9 Å². The molecule has 7 heterocycles. The number of ketones is 1. The Balaban J connectivity index is 0.000000128. The third kappa shape index (κ3) is 16.1. The number of benzene rings is 8. The van der Waals surface area contributed by atoms with Gasteiger partial charge in [-0.2, -0.15) is 0 Å². The molecule has 0 unspecified atom stereocenters. The number of aldehydes is 1. The second-order valence-electron chi connectivity index (χ2n) is 23.0. The highest BCUT2D eigenvalue weighted by molar-refractivity contribution is 9.10. The first-order valence-corrected chi connectivity index (χ1v) is 31.8. The third-order valence-electron chi connectivity index (χ3n) is 16.0. The molecule has 14 aromatic rings. The fraction of sp³-hybridized carbons (Fsp3) is 0.0886. The van der Waals surface area contributed by atoms with Crippen molar-refractivity contribution in [3.05, 3.63) is 299 Å². The minimum absolute atomic E-state index is 0.121. The van der Waals surface area contributed by atoms with Crippen LogP contribution in [0.2, 0.25) is 0 Å². The minimum Gasteiger partial charge on any atom is -0.399 e. The first-order chi connectivity index (χ1) is 45.1. The van der Waals surface area contributed by atoms with Crippen molar-refractivity contribution in [2.24, 2.45) is 0 Å². The molecule has 1 saturated heterocycles. The molecular formula is C79H64BBr2N7O4. The molecule has 1 aliphatic heterocycles. The van der Waals surface area contributed by atoms with Crippen LogP contribution >= 0.6 is 31.9 Å². The van der Waals surface area contributed by atoms with E-state index in [2.05, 4.69) is 184 Å². The molecule has 0 radical (unpaired) electrons. The molecule has 11 nitrogen and oxygen atoms in total. The standard InChI is InChI=1S/C29H19N3.C20H21BN2O2.C15H10BrN.C8H8O.C7H6BrNO/c1-2-6-20(7-3-1)25-15-13-21-9-11-23(18-28(21)31-25)24-12-10-22-14-16-27(32-29(22)19-24)26-8-4-5-17-30-26;1-19(2)20(3,4)25-21(24-19)15-10-8-14-9-11-17(23-18(14)13-15)16-7-5-6-12-22-16;16-13-8-6-12-7-9-14(17-15(12)10-13)11-4-2-1-3-5-11;1-7(9)8-5-3-2-4-6-8;8-6-2-1-5(4-10)7(9)3-6/h1-19H;5-13H,1-4H3;1-10H;2-6H,1H3;1-4H,9H2. The number of hydrogen-bond acceptors (Lipinski definition) is 11. The molecule has 0 spiro atoms. The zero-order chi connectivity index (χ0) is 64.9. The average molecular weight is 1350 g/mol. The number of aromatic nitrogens is 6. The number of rotatable bonds is 8. The molecule has 456 valence electrons. The number of halogens is 2. The quantitative estimate of drug-likeness (QED) is 0.0669. The summed E-state index contributed by atoms with van der Waals surface area (Å²) in [6, 6.07) is 88.3. The summed E-state index contributed by atoms with van der Waals surface area (Å²) in [5, 5.41) is 4.48. The van der Waals surface area contributed by atoms with Crippen molar-refractivity contribution in [2.45, 2.75) is 45.8 Å². The van der Waals surface area contributed by atoms with E-state index in [0.29, 0.717) is 11.3 Å². The van der Waals surface area contributed by atoms with Crippen molar-refractivity contribution >= 4 is 106 Å². The number of Topliss-reactive ketones (excluding diaryl/α,β-unsaturated/α-hetero) is 1. The van der Waals surface area contributed by atoms with Gasteiger partial charge >= 0.3 is 7.12 Å². The van der Waals surface area contributed by atoms with E-state index in [-0.39, 0.29) is 24.1 Å². The van der Waals surface area contributed by atoms with E-state index in [1.54, 1.807) is 37.5 Å². The predicted molar refractivity (Wildman–Crippen MR) is 387 cm³/mol. The number of carbonyl (C=O) groups excluding carboxylic acids is 2. The number of hydrogen-bond donors (Lipinski definition) is 1. The van der Waals surface area contributed by atoms with Gasteiger partial charge in [-0.3, -0.25) is 19.6 Å². The van der Waals surface area contributed by atoms with Crippen LogP contribution in [0.15, 0.2) is 288 Å². The highest BCUT2D eigenvalue weighted by atomic mass is 79.9. The summed E-state index contributed by atoms with van der Waals surface area (Å²) in [4.78, 5) is 48.9. The third-order valence-corrected chi connectivity index (χ3v) is 16.9. The van der Waals surface area contributed by atoms with Crippen molar-refractivity contribution in [3.63, 3.8) is 0 Å². The molecule has 15 rings (SSSR count). The first kappa shape index (κ1) is 64.3. The normalized spacial score (nSPS) is 12.7. The second-order valence-corrected chi connectivity index (χ2v) is 24.8. The molecule has 6 aromatic heterocycles. The number of anilines is 1. The maximum atomic E-state index is 10.6. The van der Waals surface area contributed by atoms with Crippen LogP contribution in [0.25, 0.3) is 100 Å². The van der Waals surface area contributed by atoms with E-state index in [0.717, 1.165) is 126 Å². The summed E-state index contributed by atoms with van der Waals surface area (Å²) < 4.78 is 14.2. The Kier molecular flexibility index (Phi) is 20.3. The molecule has 0 bridgehead atoms. The lowest BCUT2D eigenvalue weighted by atomic mass is 9.78. The van der Waals surface area contributed by atoms with Crippen molar-refractivity contribution in [2.75, 3.05) is 5.73 Å². The Hall–Kier alpha value is -10.2. The average Bonchev–Trinajstić information content (AvgIpc) is 2.09. The van der Waals surface area contributed by atoms with Gasteiger partial charge in [0.2, 0.25) is 0 Å². The Morgan fingerprint density at radius 2 is 0.796 bits per heavy atom. The fourth-order valence-corrected chi connectivity index (χ4v) is 10.9. The first-order valence-electron chi connectivity index (χ1n) is 30.2. The van der Waals surface area contributed by atoms with E-state index in [4.69, 9.17) is 30.0 Å².